The number of ether oxygens (including phenoxy) is 1. The van der Waals surface area contributed by atoms with E-state index in [9.17, 15) is 4.79 Å². The van der Waals surface area contributed by atoms with E-state index in [2.05, 4.69) is 11.6 Å². The van der Waals surface area contributed by atoms with Crippen LogP contribution in [0.5, 0.6) is 6.01 Å². The maximum absolute atomic E-state index is 12.6. The predicted molar refractivity (Wildman–Crippen MR) is 80.9 cm³/mol. The number of aromatic nitrogens is 2. The molecule has 0 spiro atoms. The van der Waals surface area contributed by atoms with E-state index in [-0.39, 0.29) is 11.6 Å². The van der Waals surface area contributed by atoms with Crippen LogP contribution in [0.3, 0.4) is 0 Å². The molecule has 3 rings (SSSR count). The van der Waals surface area contributed by atoms with Gasteiger partial charge in [0.1, 0.15) is 11.4 Å². The van der Waals surface area contributed by atoms with Crippen LogP contribution in [0, 0.1) is 0 Å². The Hall–Kier alpha value is -2.40. The van der Waals surface area contributed by atoms with Crippen molar-refractivity contribution in [2.45, 2.75) is 0 Å². The molecule has 0 radical (unpaired) electrons. The van der Waals surface area contributed by atoms with Crippen molar-refractivity contribution in [3.8, 4) is 11.7 Å². The summed E-state index contributed by atoms with van der Waals surface area (Å²) in [6.07, 6.45) is 1.63. The van der Waals surface area contributed by atoms with Crippen LogP contribution in [-0.4, -0.2) is 16.2 Å². The van der Waals surface area contributed by atoms with Gasteiger partial charge in [0.15, 0.2) is 0 Å². The first-order valence-electron chi connectivity index (χ1n) is 6.10. The maximum atomic E-state index is 12.6. The minimum Gasteiger partial charge on any atom is -0.460 e. The largest absolute Gasteiger partial charge is 0.460 e. The lowest BCUT2D eigenvalue weighted by Gasteiger charge is -2.11. The van der Waals surface area contributed by atoms with E-state index in [4.69, 9.17) is 4.74 Å². The number of benzene rings is 1. The Labute approximate surface area is 119 Å². The molecule has 3 aromatic rings. The molecule has 2 aromatic heterocycles. The highest BCUT2D eigenvalue weighted by Gasteiger charge is 2.14. The Morgan fingerprint density at radius 3 is 2.85 bits per heavy atom. The molecule has 0 saturated carbocycles. The minimum atomic E-state index is -0.124. The summed E-state index contributed by atoms with van der Waals surface area (Å²) in [4.78, 5) is 17.7. The number of fused-ring (bicyclic) bond motifs is 1. The third-order valence-electron chi connectivity index (χ3n) is 2.81. The molecule has 0 amide bonds. The van der Waals surface area contributed by atoms with Crippen molar-refractivity contribution in [1.82, 2.24) is 9.55 Å². The molecule has 0 saturated heterocycles. The van der Waals surface area contributed by atoms with E-state index in [1.807, 2.05) is 35.7 Å². The summed E-state index contributed by atoms with van der Waals surface area (Å²) in [5, 5.41) is 2.45. The fourth-order valence-electron chi connectivity index (χ4n) is 1.93. The highest BCUT2D eigenvalue weighted by molar-refractivity contribution is 7.16. The van der Waals surface area contributed by atoms with Crippen LogP contribution in [-0.2, 0) is 0 Å². The highest BCUT2D eigenvalue weighted by Crippen LogP contribution is 2.21. The van der Waals surface area contributed by atoms with E-state index in [0.29, 0.717) is 16.8 Å². The molecule has 0 unspecified atom stereocenters. The van der Waals surface area contributed by atoms with Crippen LogP contribution in [0.15, 0.2) is 59.2 Å². The normalized spacial score (nSPS) is 10.6. The Kier molecular flexibility index (Phi) is 3.35. The smallest absolute Gasteiger partial charge is 0.305 e. The summed E-state index contributed by atoms with van der Waals surface area (Å²) < 4.78 is 7.02. The second-order valence-electron chi connectivity index (χ2n) is 4.11. The second kappa shape index (κ2) is 5.30. The van der Waals surface area contributed by atoms with Gasteiger partial charge in [0, 0.05) is 0 Å². The fourth-order valence-corrected chi connectivity index (χ4v) is 2.68. The predicted octanol–water partition coefficient (Wildman–Crippen LogP) is 3.01. The van der Waals surface area contributed by atoms with Gasteiger partial charge in [-0.1, -0.05) is 30.9 Å². The van der Waals surface area contributed by atoms with E-state index >= 15 is 0 Å². The van der Waals surface area contributed by atoms with Gasteiger partial charge < -0.3 is 4.74 Å². The van der Waals surface area contributed by atoms with Crippen LogP contribution < -0.4 is 10.3 Å². The minimum absolute atomic E-state index is 0.124. The van der Waals surface area contributed by atoms with Crippen molar-refractivity contribution >= 4 is 21.6 Å². The zero-order valence-corrected chi connectivity index (χ0v) is 11.5. The molecule has 4 nitrogen and oxygen atoms in total. The number of nitrogens with zero attached hydrogens (tertiary/aromatic N) is 2. The van der Waals surface area contributed by atoms with Crippen LogP contribution in [0.25, 0.3) is 15.9 Å². The molecule has 2 heterocycles. The quantitative estimate of drug-likeness (QED) is 0.692. The van der Waals surface area contributed by atoms with Crippen molar-refractivity contribution in [3.05, 3.63) is 64.8 Å². The van der Waals surface area contributed by atoms with Crippen molar-refractivity contribution in [2.24, 2.45) is 0 Å². The second-order valence-corrected chi connectivity index (χ2v) is 5.00. The van der Waals surface area contributed by atoms with Crippen molar-refractivity contribution in [2.75, 3.05) is 6.61 Å². The first-order valence-corrected chi connectivity index (χ1v) is 6.98. The summed E-state index contributed by atoms with van der Waals surface area (Å²) >= 11 is 1.42. The van der Waals surface area contributed by atoms with Crippen molar-refractivity contribution in [1.29, 1.82) is 0 Å². The summed E-state index contributed by atoms with van der Waals surface area (Å²) in [6.45, 7) is 3.92. The van der Waals surface area contributed by atoms with Gasteiger partial charge in [-0.25, -0.2) is 4.57 Å². The van der Waals surface area contributed by atoms with Gasteiger partial charge in [-0.05, 0) is 23.6 Å². The number of hydrogen-bond donors (Lipinski definition) is 0. The molecular formula is C15H12N2O2S. The van der Waals surface area contributed by atoms with Crippen LogP contribution in [0.4, 0.5) is 0 Å². The van der Waals surface area contributed by atoms with Crippen LogP contribution >= 0.6 is 11.3 Å². The Bertz CT molecular complexity index is 806. The first kappa shape index (κ1) is 12.6. The zero-order valence-electron chi connectivity index (χ0n) is 10.7. The molecule has 0 fully saturated rings. The van der Waals surface area contributed by atoms with E-state index in [1.165, 1.54) is 15.9 Å². The number of rotatable bonds is 4. The molecule has 0 aliphatic rings. The third kappa shape index (κ3) is 2.12. The average molecular weight is 284 g/mol. The Balaban J connectivity index is 2.28. The molecule has 5 heteroatoms. The van der Waals surface area contributed by atoms with Gasteiger partial charge in [0.25, 0.3) is 5.56 Å². The molecule has 0 atom stereocenters. The number of hydrogen-bond acceptors (Lipinski definition) is 4. The molecule has 0 aliphatic carbocycles. The molecular weight excluding hydrogens is 272 g/mol. The Morgan fingerprint density at radius 1 is 1.30 bits per heavy atom. The van der Waals surface area contributed by atoms with Gasteiger partial charge in [-0.3, -0.25) is 4.79 Å². The van der Waals surface area contributed by atoms with E-state index in [0.717, 1.165) is 5.69 Å². The third-order valence-corrected chi connectivity index (χ3v) is 3.62. The topological polar surface area (TPSA) is 44.1 Å². The molecule has 1 aromatic carbocycles. The number of thiophene rings is 1. The summed E-state index contributed by atoms with van der Waals surface area (Å²) in [5.41, 5.74) is 0.610. The monoisotopic (exact) mass is 284 g/mol. The van der Waals surface area contributed by atoms with Crippen molar-refractivity contribution in [3.63, 3.8) is 0 Å². The lowest BCUT2D eigenvalue weighted by atomic mass is 10.3. The van der Waals surface area contributed by atoms with Gasteiger partial charge >= 0.3 is 6.01 Å². The SMILES string of the molecule is C=CCOc1nc2sccc2c(=O)n1-c1ccccc1. The van der Waals surface area contributed by atoms with Crippen LogP contribution in [0.2, 0.25) is 0 Å². The summed E-state index contributed by atoms with van der Waals surface area (Å²) in [5.74, 6) is 0. The standard InChI is InChI=1S/C15H12N2O2S/c1-2-9-19-15-16-13-12(8-10-20-13)14(18)17(15)11-6-4-3-5-7-11/h2-8,10H,1,9H2. The van der Waals surface area contributed by atoms with E-state index < -0.39 is 0 Å². The summed E-state index contributed by atoms with van der Waals surface area (Å²) in [7, 11) is 0. The Morgan fingerprint density at radius 2 is 2.10 bits per heavy atom. The number of para-hydroxylation sites is 1. The van der Waals surface area contributed by atoms with Crippen molar-refractivity contribution < 1.29 is 4.74 Å². The molecule has 100 valence electrons. The van der Waals surface area contributed by atoms with Gasteiger partial charge in [-0.2, -0.15) is 4.98 Å². The van der Waals surface area contributed by atoms with Crippen LogP contribution in [0.1, 0.15) is 0 Å². The molecule has 0 aliphatic heterocycles. The van der Waals surface area contributed by atoms with Gasteiger partial charge in [-0.15, -0.1) is 11.3 Å². The molecule has 20 heavy (non-hydrogen) atoms. The van der Waals surface area contributed by atoms with Gasteiger partial charge in [0.2, 0.25) is 0 Å². The van der Waals surface area contributed by atoms with Gasteiger partial charge in [0.05, 0.1) is 11.1 Å². The maximum Gasteiger partial charge on any atom is 0.305 e. The highest BCUT2D eigenvalue weighted by atomic mass is 32.1. The zero-order chi connectivity index (χ0) is 13.9. The molecule has 0 bridgehead atoms. The summed E-state index contributed by atoms with van der Waals surface area (Å²) in [6, 6.07) is 11.4. The first-order chi connectivity index (χ1) is 9.81. The lowest BCUT2D eigenvalue weighted by molar-refractivity contribution is 0.324. The average Bonchev–Trinajstić information content (AvgIpc) is 2.95. The molecule has 0 N–H and O–H groups in total. The lowest BCUT2D eigenvalue weighted by Crippen LogP contribution is -2.21. The van der Waals surface area contributed by atoms with E-state index in [1.54, 1.807) is 12.1 Å². The fraction of sp³-hybridized carbons (Fsp3) is 0.0667.